The van der Waals surface area contributed by atoms with Crippen molar-refractivity contribution in [3.63, 3.8) is 0 Å². The number of fused-ring (bicyclic) bond motifs is 1. The number of anilines is 5. The van der Waals surface area contributed by atoms with Crippen molar-refractivity contribution in [1.82, 2.24) is 25.5 Å². The maximum absolute atomic E-state index is 15.3. The van der Waals surface area contributed by atoms with Crippen molar-refractivity contribution < 1.29 is 42.5 Å². The Balaban J connectivity index is 0.789. The summed E-state index contributed by atoms with van der Waals surface area (Å²) in [5, 5.41) is 18.9. The molecule has 9 rings (SSSR count). The summed E-state index contributed by atoms with van der Waals surface area (Å²) in [5.41, 5.74) is 0.641. The molecule has 0 radical (unpaired) electrons. The third-order valence-corrected chi connectivity index (χ3v) is 15.3. The van der Waals surface area contributed by atoms with E-state index in [9.17, 15) is 24.3 Å². The number of imide groups is 1. The van der Waals surface area contributed by atoms with E-state index >= 15 is 8.78 Å². The van der Waals surface area contributed by atoms with Crippen molar-refractivity contribution in [2.75, 3.05) is 80.1 Å². The molecule has 6 aliphatic rings. The first-order valence-corrected chi connectivity index (χ1v) is 24.1. The summed E-state index contributed by atoms with van der Waals surface area (Å²) in [7, 11) is 3.31. The number of piperidine rings is 3. The first-order chi connectivity index (χ1) is 32.3. The van der Waals surface area contributed by atoms with Crippen molar-refractivity contribution >= 4 is 52.5 Å². The summed E-state index contributed by atoms with van der Waals surface area (Å²) in [5.74, 6) is -1.98. The quantitative estimate of drug-likeness (QED) is 0.157. The van der Waals surface area contributed by atoms with Crippen LogP contribution >= 0.6 is 0 Å². The van der Waals surface area contributed by atoms with E-state index in [4.69, 9.17) is 14.5 Å². The van der Waals surface area contributed by atoms with Gasteiger partial charge in [0.05, 0.1) is 42.7 Å². The number of carbonyl (C=O) groups excluding carboxylic acids is 4. The number of likely N-dealkylation sites (N-methyl/N-ethyl adjacent to an activating group) is 1. The standard InChI is InChI=1S/C49H63F2N9O7/c1-4-38-46(65)57(2)39-26-52-47(55-43(39)60(38)32-7-5-6-8-32)53-37-11-9-31(23-40(37)66-3)44(63)56-48(17-22-61)28-49(67-29-48)15-20-58(21-16-49)27-30-13-18-59(19-14-30)33-24-35(50)42(36(51)25-33)34-10-12-41(62)54-45(34)64/h9,11,23-26,30,32,34,38,61H,4-8,10,12-22,27-29H2,1-3H3,(H,56,63)(H,52,53,55)(H,54,62,64)/t34?,38-,48?/m1/s1. The number of nitrogens with zero attached hydrogens (tertiary/aromatic N) is 6. The van der Waals surface area contributed by atoms with Crippen LogP contribution in [0.25, 0.3) is 0 Å². The third-order valence-electron chi connectivity index (χ3n) is 15.3. The molecule has 4 N–H and O–H groups in total. The number of aliphatic hydroxyl groups is 1. The topological polar surface area (TPSA) is 182 Å². The Kier molecular flexibility index (Phi) is 13.4. The van der Waals surface area contributed by atoms with Gasteiger partial charge in [-0.25, -0.2) is 13.8 Å². The monoisotopic (exact) mass is 927 g/mol. The van der Waals surface area contributed by atoms with Crippen molar-refractivity contribution in [2.45, 2.75) is 120 Å². The van der Waals surface area contributed by atoms with Crippen LogP contribution in [0.15, 0.2) is 36.5 Å². The highest BCUT2D eigenvalue weighted by Crippen LogP contribution is 2.44. The molecule has 1 saturated carbocycles. The maximum atomic E-state index is 15.3. The molecular formula is C49H63F2N9O7. The SMILES string of the molecule is CC[C@@H]1C(=O)N(C)c2cnc(Nc3ccc(C(=O)NC4(CCO)COC5(CCN(CC6CCN(c7cc(F)c(C8CCC(=O)NC8=O)c(F)c7)CC6)CC5)C4)cc3OC)nc2N1C1CCCC1. The fourth-order valence-electron chi connectivity index (χ4n) is 11.6. The lowest BCUT2D eigenvalue weighted by Gasteiger charge is -2.43. The van der Waals surface area contributed by atoms with Crippen molar-refractivity contribution in [3.8, 4) is 5.75 Å². The number of halogens is 2. The van der Waals surface area contributed by atoms with Gasteiger partial charge in [0.25, 0.3) is 5.91 Å². The Morgan fingerprint density at radius 3 is 2.42 bits per heavy atom. The van der Waals surface area contributed by atoms with Crippen molar-refractivity contribution in [3.05, 3.63) is 59.3 Å². The molecule has 2 aromatic carbocycles. The minimum atomic E-state index is -1.03. The molecule has 6 heterocycles. The van der Waals surface area contributed by atoms with E-state index in [2.05, 4.69) is 30.7 Å². The number of methoxy groups -OCH3 is 1. The molecule has 5 aliphatic heterocycles. The molecule has 18 heteroatoms. The maximum Gasteiger partial charge on any atom is 0.251 e. The van der Waals surface area contributed by atoms with Crippen LogP contribution in [0.1, 0.15) is 112 Å². The van der Waals surface area contributed by atoms with E-state index in [1.165, 1.54) is 12.1 Å². The van der Waals surface area contributed by atoms with E-state index in [1.54, 1.807) is 43.5 Å². The minimum Gasteiger partial charge on any atom is -0.495 e. The Morgan fingerprint density at radius 2 is 1.75 bits per heavy atom. The van der Waals surface area contributed by atoms with Crippen molar-refractivity contribution in [2.24, 2.45) is 5.92 Å². The highest BCUT2D eigenvalue weighted by Gasteiger charge is 2.51. The average molecular weight is 928 g/mol. The second kappa shape index (κ2) is 19.3. The molecule has 360 valence electrons. The first-order valence-electron chi connectivity index (χ1n) is 24.1. The normalized spacial score (nSPS) is 24.9. The molecular weight excluding hydrogens is 865 g/mol. The molecule has 1 spiro atoms. The molecule has 5 fully saturated rings. The number of hydrogen-bond acceptors (Lipinski definition) is 13. The molecule has 4 saturated heterocycles. The second-order valence-corrected chi connectivity index (χ2v) is 19.5. The first kappa shape index (κ1) is 46.6. The van der Waals surface area contributed by atoms with Crippen LogP contribution in [-0.4, -0.2) is 127 Å². The number of hydrogen-bond donors (Lipinski definition) is 4. The lowest BCUT2D eigenvalue weighted by Crippen LogP contribution is -2.55. The number of amides is 4. The molecule has 3 aromatic rings. The van der Waals surface area contributed by atoms with Gasteiger partial charge in [-0.1, -0.05) is 19.8 Å². The van der Waals surface area contributed by atoms with Crippen LogP contribution in [0.5, 0.6) is 5.75 Å². The fourth-order valence-corrected chi connectivity index (χ4v) is 11.6. The van der Waals surface area contributed by atoms with Gasteiger partial charge in [-0.05, 0) is 94.0 Å². The van der Waals surface area contributed by atoms with Gasteiger partial charge in [0.15, 0.2) is 5.82 Å². The van der Waals surface area contributed by atoms with E-state index in [-0.39, 0.29) is 55.5 Å². The third kappa shape index (κ3) is 9.40. The predicted molar refractivity (Wildman–Crippen MR) is 248 cm³/mol. The summed E-state index contributed by atoms with van der Waals surface area (Å²) in [6, 6.07) is 7.72. The van der Waals surface area contributed by atoms with Crippen molar-refractivity contribution in [1.29, 1.82) is 0 Å². The zero-order chi connectivity index (χ0) is 47.0. The van der Waals surface area contributed by atoms with Gasteiger partial charge in [0, 0.05) is 82.1 Å². The predicted octanol–water partition coefficient (Wildman–Crippen LogP) is 5.55. The van der Waals surface area contributed by atoms with Gasteiger partial charge >= 0.3 is 0 Å². The number of carbonyl (C=O) groups is 4. The number of aliphatic hydroxyl groups excluding tert-OH is 1. The fraction of sp³-hybridized carbons (Fsp3) is 0.592. The molecule has 4 amide bonds. The highest BCUT2D eigenvalue weighted by molar-refractivity contribution is 6.04. The molecule has 2 unspecified atom stereocenters. The van der Waals surface area contributed by atoms with E-state index < -0.39 is 40.5 Å². The van der Waals surface area contributed by atoms with Gasteiger partial charge in [0.1, 0.15) is 29.1 Å². The van der Waals surface area contributed by atoms with Crippen LogP contribution in [0.4, 0.5) is 37.6 Å². The molecule has 67 heavy (non-hydrogen) atoms. The van der Waals surface area contributed by atoms with Gasteiger partial charge in [-0.2, -0.15) is 4.98 Å². The Hall–Kier alpha value is -5.46. The summed E-state index contributed by atoms with van der Waals surface area (Å²) in [6.07, 6.45) is 11.0. The van der Waals surface area contributed by atoms with E-state index in [0.717, 1.165) is 76.8 Å². The Bertz CT molecular complexity index is 2350. The van der Waals surface area contributed by atoms with Crippen LogP contribution < -0.4 is 35.4 Å². The van der Waals surface area contributed by atoms with Gasteiger partial charge in [0.2, 0.25) is 23.7 Å². The largest absolute Gasteiger partial charge is 0.495 e. The number of ether oxygens (including phenoxy) is 2. The zero-order valence-electron chi connectivity index (χ0n) is 38.8. The van der Waals surface area contributed by atoms with Gasteiger partial charge < -0.3 is 44.8 Å². The van der Waals surface area contributed by atoms with Gasteiger partial charge in [-0.15, -0.1) is 0 Å². The summed E-state index contributed by atoms with van der Waals surface area (Å²) < 4.78 is 42.9. The Morgan fingerprint density at radius 1 is 1.01 bits per heavy atom. The second-order valence-electron chi connectivity index (χ2n) is 19.5. The number of nitrogens with one attached hydrogen (secondary N) is 3. The lowest BCUT2D eigenvalue weighted by molar-refractivity contribution is -0.134. The zero-order valence-corrected chi connectivity index (χ0v) is 38.8. The Labute approximate surface area is 390 Å². The van der Waals surface area contributed by atoms with E-state index in [1.807, 2.05) is 11.8 Å². The molecule has 0 bridgehead atoms. The van der Waals surface area contributed by atoms with E-state index in [0.29, 0.717) is 72.6 Å². The number of likely N-dealkylation sites (tertiary alicyclic amines) is 1. The summed E-state index contributed by atoms with van der Waals surface area (Å²) in [6.45, 7) is 6.08. The van der Waals surface area contributed by atoms with Crippen LogP contribution in [-0.2, 0) is 19.1 Å². The highest BCUT2D eigenvalue weighted by atomic mass is 19.1. The minimum absolute atomic E-state index is 0.0451. The van der Waals surface area contributed by atoms with Crippen LogP contribution in [0, 0.1) is 17.6 Å². The number of rotatable bonds is 13. The number of benzene rings is 2. The summed E-state index contributed by atoms with van der Waals surface area (Å²) >= 11 is 0. The van der Waals surface area contributed by atoms with Crippen LogP contribution in [0.2, 0.25) is 0 Å². The average Bonchev–Trinajstić information content (AvgIpc) is 3.98. The smallest absolute Gasteiger partial charge is 0.251 e. The summed E-state index contributed by atoms with van der Waals surface area (Å²) in [4.78, 5) is 69.1. The van der Waals surface area contributed by atoms with Crippen LogP contribution in [0.3, 0.4) is 0 Å². The molecule has 3 atom stereocenters. The number of aromatic nitrogens is 2. The molecule has 1 aliphatic carbocycles. The lowest BCUT2D eigenvalue weighted by atomic mass is 9.80. The molecule has 1 aromatic heterocycles. The van der Waals surface area contributed by atoms with Gasteiger partial charge in [-0.3, -0.25) is 24.5 Å². The molecule has 16 nitrogen and oxygen atoms in total.